The lowest BCUT2D eigenvalue weighted by Crippen LogP contribution is -2.35. The summed E-state index contributed by atoms with van der Waals surface area (Å²) < 4.78 is 6.92. The molecule has 1 rings (SSSR count). The number of rotatable bonds is 5. The first-order valence-electron chi connectivity index (χ1n) is 6.31. The van der Waals surface area contributed by atoms with E-state index in [1.165, 1.54) is 0 Å². The van der Waals surface area contributed by atoms with Gasteiger partial charge in [0, 0.05) is 24.7 Å². The quantitative estimate of drug-likeness (QED) is 0.829. The van der Waals surface area contributed by atoms with E-state index in [9.17, 15) is 9.59 Å². The third-order valence-corrected chi connectivity index (χ3v) is 2.40. The van der Waals surface area contributed by atoms with E-state index in [0.29, 0.717) is 0 Å². The van der Waals surface area contributed by atoms with Gasteiger partial charge in [-0.3, -0.25) is 4.68 Å². The molecule has 0 saturated heterocycles. The molecule has 0 fully saturated rings. The van der Waals surface area contributed by atoms with Gasteiger partial charge in [0.05, 0.1) is 12.2 Å². The van der Waals surface area contributed by atoms with Crippen molar-refractivity contribution in [3.05, 3.63) is 18.0 Å². The van der Waals surface area contributed by atoms with Crippen LogP contribution in [0.3, 0.4) is 0 Å². The third-order valence-electron chi connectivity index (χ3n) is 2.40. The van der Waals surface area contributed by atoms with Gasteiger partial charge in [0.25, 0.3) is 0 Å². The van der Waals surface area contributed by atoms with Crippen molar-refractivity contribution < 1.29 is 14.3 Å². The zero-order valence-electron chi connectivity index (χ0n) is 11.8. The Bertz CT molecular complexity index is 435. The summed E-state index contributed by atoms with van der Waals surface area (Å²) in [6, 6.07) is -0.410. The van der Waals surface area contributed by atoms with Gasteiger partial charge in [0.15, 0.2) is 0 Å². The predicted molar refractivity (Wildman–Crippen MR) is 70.7 cm³/mol. The minimum atomic E-state index is -0.566. The van der Waals surface area contributed by atoms with Crippen LogP contribution in [0.4, 0.5) is 4.79 Å². The summed E-state index contributed by atoms with van der Waals surface area (Å²) in [6.07, 6.45) is 3.88. The highest BCUT2D eigenvalue weighted by molar-refractivity contribution is 5.69. The molecule has 1 atom stereocenters. The molecular weight excluding hydrogens is 246 g/mol. The average molecular weight is 267 g/mol. The largest absolute Gasteiger partial charge is 0.444 e. The number of alkyl carbamates (subject to hydrolysis) is 1. The van der Waals surface area contributed by atoms with Gasteiger partial charge in [-0.1, -0.05) is 0 Å². The third kappa shape index (κ3) is 5.11. The van der Waals surface area contributed by atoms with Crippen LogP contribution >= 0.6 is 0 Å². The van der Waals surface area contributed by atoms with Crippen molar-refractivity contribution in [3.63, 3.8) is 0 Å². The van der Waals surface area contributed by atoms with E-state index in [2.05, 4.69) is 10.4 Å². The first-order chi connectivity index (χ1) is 8.85. The van der Waals surface area contributed by atoms with Crippen molar-refractivity contribution >= 4 is 12.4 Å². The number of nitrogens with zero attached hydrogens (tertiary/aromatic N) is 2. The molecule has 106 valence electrons. The topological polar surface area (TPSA) is 73.2 Å². The average Bonchev–Trinajstić information content (AvgIpc) is 2.74. The van der Waals surface area contributed by atoms with Crippen LogP contribution in [0.1, 0.15) is 45.7 Å². The maximum atomic E-state index is 11.7. The van der Waals surface area contributed by atoms with Crippen molar-refractivity contribution in [2.45, 2.75) is 52.3 Å². The van der Waals surface area contributed by atoms with E-state index in [1.54, 1.807) is 31.6 Å². The van der Waals surface area contributed by atoms with Crippen molar-refractivity contribution in [1.29, 1.82) is 0 Å². The first-order valence-corrected chi connectivity index (χ1v) is 6.31. The molecule has 6 nitrogen and oxygen atoms in total. The number of aldehydes is 1. The number of hydrogen-bond acceptors (Lipinski definition) is 4. The molecule has 1 N–H and O–H groups in total. The Morgan fingerprint density at radius 2 is 2.26 bits per heavy atom. The van der Waals surface area contributed by atoms with Crippen molar-refractivity contribution in [2.75, 3.05) is 0 Å². The van der Waals surface area contributed by atoms with Crippen LogP contribution in [-0.4, -0.2) is 27.8 Å². The molecule has 1 amide bonds. The molecule has 0 aliphatic heterocycles. The highest BCUT2D eigenvalue weighted by Crippen LogP contribution is 2.16. The number of ether oxygens (including phenoxy) is 1. The lowest BCUT2D eigenvalue weighted by Gasteiger charge is -2.22. The number of aryl methyl sites for hydroxylation is 1. The minimum Gasteiger partial charge on any atom is -0.444 e. The Morgan fingerprint density at radius 3 is 2.74 bits per heavy atom. The van der Waals surface area contributed by atoms with E-state index in [1.807, 2.05) is 13.1 Å². The number of carbonyl (C=O) groups is 2. The molecule has 0 spiro atoms. The van der Waals surface area contributed by atoms with Crippen molar-refractivity contribution in [2.24, 2.45) is 0 Å². The van der Waals surface area contributed by atoms with Gasteiger partial charge in [-0.15, -0.1) is 0 Å². The molecule has 0 radical (unpaired) electrons. The lowest BCUT2D eigenvalue weighted by molar-refractivity contribution is -0.108. The molecule has 0 unspecified atom stereocenters. The maximum Gasteiger partial charge on any atom is 0.408 e. The number of carbonyl (C=O) groups excluding carboxylic acids is 2. The Balaban J connectivity index is 2.72. The van der Waals surface area contributed by atoms with Crippen LogP contribution in [0.15, 0.2) is 12.4 Å². The van der Waals surface area contributed by atoms with Crippen LogP contribution in [0.2, 0.25) is 0 Å². The van der Waals surface area contributed by atoms with Gasteiger partial charge in [-0.2, -0.15) is 5.10 Å². The van der Waals surface area contributed by atoms with Crippen LogP contribution in [0, 0.1) is 0 Å². The summed E-state index contributed by atoms with van der Waals surface area (Å²) >= 11 is 0. The monoisotopic (exact) mass is 267 g/mol. The number of aromatic nitrogens is 2. The first kappa shape index (κ1) is 15.2. The van der Waals surface area contributed by atoms with Gasteiger partial charge in [0.1, 0.15) is 11.9 Å². The summed E-state index contributed by atoms with van der Waals surface area (Å²) in [5.74, 6) is 0. The summed E-state index contributed by atoms with van der Waals surface area (Å²) in [4.78, 5) is 22.4. The Labute approximate surface area is 113 Å². The fourth-order valence-electron chi connectivity index (χ4n) is 1.56. The lowest BCUT2D eigenvalue weighted by atomic mass is 10.1. The van der Waals surface area contributed by atoms with Crippen LogP contribution in [-0.2, 0) is 16.1 Å². The molecule has 1 aromatic heterocycles. The molecular formula is C13H21N3O3. The van der Waals surface area contributed by atoms with E-state index in [4.69, 9.17) is 4.74 Å². The molecule has 6 heteroatoms. The van der Waals surface area contributed by atoms with Crippen LogP contribution in [0.5, 0.6) is 0 Å². The van der Waals surface area contributed by atoms with E-state index < -0.39 is 17.7 Å². The maximum absolute atomic E-state index is 11.7. The van der Waals surface area contributed by atoms with Crippen molar-refractivity contribution in [3.8, 4) is 0 Å². The normalized spacial score (nSPS) is 12.8. The van der Waals surface area contributed by atoms with Gasteiger partial charge in [-0.25, -0.2) is 4.79 Å². The second-order valence-electron chi connectivity index (χ2n) is 5.23. The fraction of sp³-hybridized carbons (Fsp3) is 0.615. The zero-order valence-corrected chi connectivity index (χ0v) is 11.8. The van der Waals surface area contributed by atoms with Gasteiger partial charge in [0.2, 0.25) is 0 Å². The molecule has 0 aliphatic rings. The highest BCUT2D eigenvalue weighted by atomic mass is 16.6. The van der Waals surface area contributed by atoms with Crippen LogP contribution < -0.4 is 5.32 Å². The van der Waals surface area contributed by atoms with E-state index >= 15 is 0 Å². The summed E-state index contributed by atoms with van der Waals surface area (Å²) in [7, 11) is 0. The summed E-state index contributed by atoms with van der Waals surface area (Å²) in [6.45, 7) is 8.07. The number of amides is 1. The molecule has 0 aromatic carbocycles. The summed E-state index contributed by atoms with van der Waals surface area (Å²) in [5, 5.41) is 6.81. The van der Waals surface area contributed by atoms with E-state index in [-0.39, 0.29) is 6.42 Å². The molecule has 1 aromatic rings. The smallest absolute Gasteiger partial charge is 0.408 e. The molecule has 19 heavy (non-hydrogen) atoms. The molecule has 1 heterocycles. The second-order valence-corrected chi connectivity index (χ2v) is 5.23. The minimum absolute atomic E-state index is 0.189. The SMILES string of the molecule is CCn1cc([C@@H](CC=O)NC(=O)OC(C)(C)C)cn1. The predicted octanol–water partition coefficient (Wildman–Crippen LogP) is 2.06. The standard InChI is InChI=1S/C13H21N3O3/c1-5-16-9-10(8-14-16)11(6-7-17)15-12(18)19-13(2,3)4/h7-9,11H,5-6H2,1-4H3,(H,15,18)/t11-/m1/s1. The zero-order chi connectivity index (χ0) is 14.5. The van der Waals surface area contributed by atoms with Crippen LogP contribution in [0.25, 0.3) is 0 Å². The molecule has 0 saturated carbocycles. The fourth-order valence-corrected chi connectivity index (χ4v) is 1.56. The Morgan fingerprint density at radius 1 is 1.58 bits per heavy atom. The molecule has 0 bridgehead atoms. The van der Waals surface area contributed by atoms with Gasteiger partial charge < -0.3 is 14.8 Å². The second kappa shape index (κ2) is 6.36. The van der Waals surface area contributed by atoms with Gasteiger partial charge in [-0.05, 0) is 27.7 Å². The van der Waals surface area contributed by atoms with Crippen molar-refractivity contribution in [1.82, 2.24) is 15.1 Å². The molecule has 0 aliphatic carbocycles. The number of nitrogens with one attached hydrogen (secondary N) is 1. The Hall–Kier alpha value is -1.85. The Kier molecular flexibility index (Phi) is 5.09. The van der Waals surface area contributed by atoms with E-state index in [0.717, 1.165) is 18.4 Å². The number of hydrogen-bond donors (Lipinski definition) is 1. The highest BCUT2D eigenvalue weighted by Gasteiger charge is 2.21. The van der Waals surface area contributed by atoms with Gasteiger partial charge >= 0.3 is 6.09 Å². The summed E-state index contributed by atoms with van der Waals surface area (Å²) in [5.41, 5.74) is 0.225.